The maximum absolute atomic E-state index is 13.7. The number of benzene rings is 1. The van der Waals surface area contributed by atoms with Crippen molar-refractivity contribution in [2.75, 3.05) is 23.4 Å². The number of pyridine rings is 1. The van der Waals surface area contributed by atoms with Gasteiger partial charge in [-0.2, -0.15) is 18.4 Å². The Morgan fingerprint density at radius 3 is 2.41 bits per heavy atom. The maximum atomic E-state index is 13.7. The van der Waals surface area contributed by atoms with E-state index in [0.29, 0.717) is 30.3 Å². The number of rotatable bonds is 10. The molecule has 56 heavy (non-hydrogen) atoms. The van der Waals surface area contributed by atoms with E-state index in [4.69, 9.17) is 17.0 Å². The minimum absolute atomic E-state index is 0.00270. The Kier molecular flexibility index (Phi) is 12.2. The quantitative estimate of drug-likeness (QED) is 0.215. The highest BCUT2D eigenvalue weighted by atomic mass is 32.1. The van der Waals surface area contributed by atoms with Crippen molar-refractivity contribution in [1.29, 1.82) is 5.26 Å². The molecule has 4 heterocycles. The number of hydrogen-bond donors (Lipinski definition) is 2. The van der Waals surface area contributed by atoms with Crippen LogP contribution in [0.2, 0.25) is 0 Å². The van der Waals surface area contributed by atoms with E-state index >= 15 is 0 Å². The molecule has 1 aromatic carbocycles. The third-order valence-corrected chi connectivity index (χ3v) is 12.2. The van der Waals surface area contributed by atoms with E-state index in [0.717, 1.165) is 57.1 Å². The predicted octanol–water partition coefficient (Wildman–Crippen LogP) is 6.05. The lowest BCUT2D eigenvalue weighted by molar-refractivity contribution is -0.138. The smallest absolute Gasteiger partial charge is 0.378 e. The van der Waals surface area contributed by atoms with Crippen LogP contribution in [0.1, 0.15) is 108 Å². The summed E-state index contributed by atoms with van der Waals surface area (Å²) in [6.45, 7) is 8.47. The highest BCUT2D eigenvalue weighted by molar-refractivity contribution is 7.80. The molecule has 0 bridgehead atoms. The fourth-order valence-corrected chi connectivity index (χ4v) is 9.41. The van der Waals surface area contributed by atoms with Crippen LogP contribution >= 0.6 is 12.2 Å². The number of nitriles is 1. The Morgan fingerprint density at radius 2 is 1.77 bits per heavy atom. The molecule has 1 unspecified atom stereocenters. The number of carbonyl (C=O) groups excluding carboxylic acids is 4. The van der Waals surface area contributed by atoms with E-state index < -0.39 is 34.7 Å². The first kappa shape index (κ1) is 41.2. The van der Waals surface area contributed by atoms with Crippen LogP contribution < -0.4 is 15.5 Å². The zero-order chi connectivity index (χ0) is 40.5. The van der Waals surface area contributed by atoms with Gasteiger partial charge in [0.1, 0.15) is 11.4 Å². The van der Waals surface area contributed by atoms with Gasteiger partial charge in [0.15, 0.2) is 5.11 Å². The largest absolute Gasteiger partial charge is 0.417 e. The molecule has 4 fully saturated rings. The maximum Gasteiger partial charge on any atom is 0.417 e. The number of nitrogens with one attached hydrogen (secondary N) is 2. The molecule has 3 aliphatic heterocycles. The molecule has 6 rings (SSSR count). The van der Waals surface area contributed by atoms with Crippen molar-refractivity contribution < 1.29 is 37.1 Å². The summed E-state index contributed by atoms with van der Waals surface area (Å²) in [7, 11) is 0. The molecule has 4 amide bonds. The highest BCUT2D eigenvalue weighted by Gasteiger charge is 2.52. The van der Waals surface area contributed by atoms with Crippen LogP contribution in [0.25, 0.3) is 0 Å². The monoisotopic (exact) mass is 795 g/mol. The zero-order valence-electron chi connectivity index (χ0n) is 32.0. The number of ether oxygens (including phenoxy) is 1. The first-order chi connectivity index (χ1) is 26.5. The molecule has 0 spiro atoms. The van der Waals surface area contributed by atoms with Crippen LogP contribution in [-0.2, 0) is 30.1 Å². The Hall–Kier alpha value is -4.46. The summed E-state index contributed by atoms with van der Waals surface area (Å²) in [6.07, 6.45) is 3.33. The van der Waals surface area contributed by atoms with E-state index in [2.05, 4.69) is 34.4 Å². The van der Waals surface area contributed by atoms with Gasteiger partial charge in [-0.1, -0.05) is 0 Å². The molecule has 2 N–H and O–H groups in total. The number of carbonyl (C=O) groups is 4. The average molecular weight is 796 g/mol. The second kappa shape index (κ2) is 16.6. The molecule has 3 saturated heterocycles. The number of likely N-dealkylation sites (tertiary alicyclic amines) is 1. The van der Waals surface area contributed by atoms with Gasteiger partial charge in [-0.05, 0) is 133 Å². The summed E-state index contributed by atoms with van der Waals surface area (Å²) < 4.78 is 47.6. The summed E-state index contributed by atoms with van der Waals surface area (Å²) in [4.78, 5) is 60.1. The van der Waals surface area contributed by atoms with Crippen molar-refractivity contribution in [1.82, 2.24) is 20.1 Å². The first-order valence-electron chi connectivity index (χ1n) is 19.2. The summed E-state index contributed by atoms with van der Waals surface area (Å²) in [5.41, 5.74) is -1.97. The van der Waals surface area contributed by atoms with E-state index in [9.17, 15) is 37.6 Å². The highest BCUT2D eigenvalue weighted by Crippen LogP contribution is 2.41. The second-order valence-corrected chi connectivity index (χ2v) is 16.4. The fraction of sp³-hybridized carbons (Fsp3) is 0.575. The van der Waals surface area contributed by atoms with Crippen molar-refractivity contribution in [3.05, 3.63) is 53.2 Å². The second-order valence-electron chi connectivity index (χ2n) is 16.0. The number of anilines is 2. The number of nitrogens with zero attached hydrogens (tertiary/aromatic N) is 5. The van der Waals surface area contributed by atoms with Gasteiger partial charge < -0.3 is 15.0 Å². The summed E-state index contributed by atoms with van der Waals surface area (Å²) in [5, 5.41) is 14.6. The molecule has 4 aliphatic rings. The predicted molar refractivity (Wildman–Crippen MR) is 205 cm³/mol. The molecule has 16 heteroatoms. The van der Waals surface area contributed by atoms with Gasteiger partial charge in [0.25, 0.3) is 5.91 Å². The average Bonchev–Trinajstić information content (AvgIpc) is 3.31. The summed E-state index contributed by atoms with van der Waals surface area (Å²) in [6, 6.07) is 8.39. The van der Waals surface area contributed by atoms with Gasteiger partial charge in [-0.25, -0.2) is 4.98 Å². The van der Waals surface area contributed by atoms with Gasteiger partial charge in [-0.15, -0.1) is 0 Å². The molecular weight excluding hydrogens is 748 g/mol. The Morgan fingerprint density at radius 1 is 1.07 bits per heavy atom. The molecular formula is C40H48F3N7O5S. The van der Waals surface area contributed by atoms with Crippen molar-refractivity contribution in [2.24, 2.45) is 5.92 Å². The van der Waals surface area contributed by atoms with Crippen LogP contribution in [0, 0.1) is 17.2 Å². The standard InChI is InChI=1S/C40H48F3N7O5S/c1-23-17-30(18-24(2)48(23)22-35(52)46-33-19-26(13-15-45-33)31-11-12-34(51)47-36(31)53)55-16-14-25-5-8-28(9-6-25)50-38(56)49(37(54)39(50,3)4)29-10-7-27(21-44)32(20-29)40(41,42)43/h7,10,13,15,19-20,23-25,28,30-31H,5-6,8-9,11-12,14,16-18,22H2,1-4H3,(H,45,46,52)(H,47,51,53)/t23-,24+,25-,28-,30+,31?. The number of alkyl halides is 3. The van der Waals surface area contributed by atoms with Gasteiger partial charge in [0, 0.05) is 37.4 Å². The van der Waals surface area contributed by atoms with E-state index in [-0.39, 0.29) is 65.7 Å². The number of aromatic nitrogens is 1. The third-order valence-electron chi connectivity index (χ3n) is 11.8. The van der Waals surface area contributed by atoms with Crippen LogP contribution in [0.3, 0.4) is 0 Å². The molecule has 1 saturated carbocycles. The number of amides is 4. The zero-order valence-corrected chi connectivity index (χ0v) is 32.8. The number of hydrogen-bond acceptors (Lipinski definition) is 9. The van der Waals surface area contributed by atoms with E-state index in [1.807, 2.05) is 4.90 Å². The lowest BCUT2D eigenvalue weighted by Crippen LogP contribution is -2.51. The van der Waals surface area contributed by atoms with Crippen LogP contribution in [-0.4, -0.2) is 86.4 Å². The number of piperidine rings is 2. The van der Waals surface area contributed by atoms with E-state index in [1.54, 1.807) is 38.2 Å². The van der Waals surface area contributed by atoms with Crippen LogP contribution in [0.4, 0.5) is 24.7 Å². The molecule has 300 valence electrons. The topological polar surface area (TPSA) is 148 Å². The molecule has 12 nitrogen and oxygen atoms in total. The third kappa shape index (κ3) is 8.74. The number of thiocarbonyl (C=S) groups is 1. The van der Waals surface area contributed by atoms with E-state index in [1.165, 1.54) is 11.0 Å². The lowest BCUT2D eigenvalue weighted by Gasteiger charge is -2.42. The number of halogens is 3. The number of imide groups is 1. The van der Waals surface area contributed by atoms with Crippen molar-refractivity contribution in [3.63, 3.8) is 0 Å². The van der Waals surface area contributed by atoms with Crippen molar-refractivity contribution in [2.45, 2.75) is 127 Å². The Bertz CT molecular complexity index is 1900. The van der Waals surface area contributed by atoms with Crippen molar-refractivity contribution in [3.8, 4) is 6.07 Å². The molecule has 2 aromatic rings. The Balaban J connectivity index is 0.954. The van der Waals surface area contributed by atoms with Gasteiger partial charge in [0.05, 0.1) is 41.5 Å². The normalized spacial score (nSPS) is 27.2. The van der Waals surface area contributed by atoms with Crippen LogP contribution in [0.5, 0.6) is 0 Å². The van der Waals surface area contributed by atoms with Gasteiger partial charge >= 0.3 is 6.18 Å². The van der Waals surface area contributed by atoms with Crippen molar-refractivity contribution >= 4 is 52.5 Å². The summed E-state index contributed by atoms with van der Waals surface area (Å²) >= 11 is 5.75. The van der Waals surface area contributed by atoms with Gasteiger partial charge in [-0.3, -0.25) is 34.3 Å². The van der Waals surface area contributed by atoms with Crippen LogP contribution in [0.15, 0.2) is 36.5 Å². The van der Waals surface area contributed by atoms with Gasteiger partial charge in [0.2, 0.25) is 17.7 Å². The lowest BCUT2D eigenvalue weighted by atomic mass is 9.82. The molecule has 4 atom stereocenters. The SMILES string of the molecule is C[C@@H]1C[C@H](OCC[C@H]2CC[C@H](N3C(=S)N(c4ccc(C#N)c(C(F)(F)F)c4)C(=O)C3(C)C)CC2)C[C@H](C)N1CC(=O)Nc1cc(C2CCC(=O)NC2=O)ccn1. The molecule has 0 radical (unpaired) electrons. The molecule has 1 aromatic heterocycles. The minimum atomic E-state index is -4.76. The summed E-state index contributed by atoms with van der Waals surface area (Å²) in [5.74, 6) is -0.918. The first-order valence-corrected chi connectivity index (χ1v) is 19.6. The molecule has 1 aliphatic carbocycles. The Labute approximate surface area is 330 Å². The minimum Gasteiger partial charge on any atom is -0.378 e. The fourth-order valence-electron chi connectivity index (χ4n) is 8.85.